The number of hydrogen-bond donors (Lipinski definition) is 2. The van der Waals surface area contributed by atoms with Crippen LogP contribution in [0.5, 0.6) is 5.75 Å². The van der Waals surface area contributed by atoms with E-state index in [0.29, 0.717) is 11.8 Å². The Labute approximate surface area is 180 Å². The number of rotatable bonds is 6. The van der Waals surface area contributed by atoms with E-state index in [-0.39, 0.29) is 11.9 Å². The summed E-state index contributed by atoms with van der Waals surface area (Å²) < 4.78 is 7.39. The second kappa shape index (κ2) is 8.79. The van der Waals surface area contributed by atoms with Crippen molar-refractivity contribution in [3.05, 3.63) is 65.5 Å². The van der Waals surface area contributed by atoms with Gasteiger partial charge in [-0.25, -0.2) is 4.68 Å². The van der Waals surface area contributed by atoms with Crippen molar-refractivity contribution in [2.24, 2.45) is 0 Å². The molecule has 2 atom stereocenters. The highest BCUT2D eigenvalue weighted by Gasteiger charge is 2.37. The van der Waals surface area contributed by atoms with Crippen molar-refractivity contribution in [3.63, 3.8) is 0 Å². The van der Waals surface area contributed by atoms with Crippen molar-refractivity contribution in [2.45, 2.75) is 43.6 Å². The van der Waals surface area contributed by atoms with E-state index in [2.05, 4.69) is 27.9 Å². The number of nitrogens with zero attached hydrogens (tertiary/aromatic N) is 3. The number of amides is 1. The molecule has 1 aromatic heterocycles. The molecule has 3 aromatic rings. The first-order valence-corrected chi connectivity index (χ1v) is 10.9. The lowest BCUT2D eigenvalue weighted by atomic mass is 10.0. The van der Waals surface area contributed by atoms with Gasteiger partial charge in [-0.05, 0) is 55.7 Å². The first kappa shape index (κ1) is 20.3. The topological polar surface area (TPSA) is 81.1 Å². The van der Waals surface area contributed by atoms with Gasteiger partial charge in [-0.1, -0.05) is 43.0 Å². The van der Waals surface area contributed by atoms with Gasteiger partial charge < -0.3 is 15.5 Å². The third-order valence-corrected chi connectivity index (χ3v) is 6.25. The Hall–Kier alpha value is -3.00. The Balaban J connectivity index is 1.61. The van der Waals surface area contributed by atoms with E-state index in [4.69, 9.17) is 4.74 Å². The second-order valence-corrected chi connectivity index (χ2v) is 8.16. The summed E-state index contributed by atoms with van der Waals surface area (Å²) in [5, 5.41) is 11.7. The molecule has 1 amide bonds. The maximum absolute atomic E-state index is 13.2. The van der Waals surface area contributed by atoms with Crippen molar-refractivity contribution in [3.8, 4) is 5.75 Å². The molecule has 2 aromatic carbocycles. The van der Waals surface area contributed by atoms with Gasteiger partial charge in [-0.2, -0.15) is 0 Å². The van der Waals surface area contributed by atoms with E-state index in [1.165, 1.54) is 17.3 Å². The highest BCUT2D eigenvalue weighted by molar-refractivity contribution is 8.00. The summed E-state index contributed by atoms with van der Waals surface area (Å²) in [4.78, 5) is 13.2. The van der Waals surface area contributed by atoms with Crippen molar-refractivity contribution < 1.29 is 9.53 Å². The number of benzene rings is 2. The standard InChI is InChI=1S/C22H25N5O2S/c1-4-15-6-10-17(11-7-15)23-21(28)20-19(16-8-12-18(13-9-16)29-5-2)26-27-14(3)24-25-22(27)30-20/h6-13,19-20,26H,4-5H2,1-3H3,(H,23,28)/t19-,20+/m1/s1. The molecular weight excluding hydrogens is 398 g/mol. The molecule has 0 fully saturated rings. The van der Waals surface area contributed by atoms with E-state index < -0.39 is 5.25 Å². The fraction of sp³-hybridized carbons (Fsp3) is 0.318. The average Bonchev–Trinajstić information content (AvgIpc) is 3.14. The summed E-state index contributed by atoms with van der Waals surface area (Å²) in [7, 11) is 0. The lowest BCUT2D eigenvalue weighted by Crippen LogP contribution is -2.41. The molecule has 8 heteroatoms. The number of anilines is 1. The SMILES string of the molecule is CCOc1ccc([C@H]2Nn3c(C)nnc3S[C@@H]2C(=O)Nc2ccc(CC)cc2)cc1. The smallest absolute Gasteiger partial charge is 0.240 e. The zero-order chi connectivity index (χ0) is 21.1. The lowest BCUT2D eigenvalue weighted by Gasteiger charge is -2.32. The summed E-state index contributed by atoms with van der Waals surface area (Å²) in [6.45, 7) is 6.56. The van der Waals surface area contributed by atoms with Crippen LogP contribution in [-0.2, 0) is 11.2 Å². The molecule has 0 unspecified atom stereocenters. The number of aromatic nitrogens is 3. The highest BCUT2D eigenvalue weighted by atomic mass is 32.2. The van der Waals surface area contributed by atoms with Crippen LogP contribution in [0.1, 0.15) is 36.8 Å². The predicted molar refractivity (Wildman–Crippen MR) is 119 cm³/mol. The minimum absolute atomic E-state index is 0.0810. The van der Waals surface area contributed by atoms with Gasteiger partial charge in [0.1, 0.15) is 16.8 Å². The van der Waals surface area contributed by atoms with Crippen molar-refractivity contribution in [1.29, 1.82) is 0 Å². The van der Waals surface area contributed by atoms with Gasteiger partial charge in [-0.3, -0.25) is 4.79 Å². The molecular formula is C22H25N5O2S. The largest absolute Gasteiger partial charge is 0.494 e. The monoisotopic (exact) mass is 423 g/mol. The van der Waals surface area contributed by atoms with E-state index >= 15 is 0 Å². The molecule has 7 nitrogen and oxygen atoms in total. The first-order chi connectivity index (χ1) is 14.6. The number of fused-ring (bicyclic) bond motifs is 1. The number of carbonyl (C=O) groups excluding carboxylic acids is 1. The third kappa shape index (κ3) is 4.14. The van der Waals surface area contributed by atoms with Crippen LogP contribution in [0.4, 0.5) is 5.69 Å². The molecule has 30 heavy (non-hydrogen) atoms. The fourth-order valence-electron chi connectivity index (χ4n) is 3.39. The summed E-state index contributed by atoms with van der Waals surface area (Å²) >= 11 is 1.41. The average molecular weight is 424 g/mol. The Bertz CT molecular complexity index is 1020. The maximum atomic E-state index is 13.2. The van der Waals surface area contributed by atoms with Gasteiger partial charge in [0, 0.05) is 5.69 Å². The number of nitrogens with one attached hydrogen (secondary N) is 2. The molecule has 4 rings (SSSR count). The number of ether oxygens (including phenoxy) is 1. The Morgan fingerprint density at radius 3 is 2.53 bits per heavy atom. The quantitative estimate of drug-likeness (QED) is 0.625. The summed E-state index contributed by atoms with van der Waals surface area (Å²) in [5.41, 5.74) is 6.43. The van der Waals surface area contributed by atoms with Gasteiger partial charge >= 0.3 is 0 Å². The van der Waals surface area contributed by atoms with E-state index in [0.717, 1.165) is 29.2 Å². The molecule has 1 aliphatic rings. The van der Waals surface area contributed by atoms with Gasteiger partial charge in [-0.15, -0.1) is 10.2 Å². The molecule has 0 saturated carbocycles. The van der Waals surface area contributed by atoms with Crippen LogP contribution in [0.25, 0.3) is 0 Å². The van der Waals surface area contributed by atoms with Gasteiger partial charge in [0.2, 0.25) is 11.1 Å². The van der Waals surface area contributed by atoms with Crippen LogP contribution >= 0.6 is 11.8 Å². The Kier molecular flexibility index (Phi) is 5.94. The van der Waals surface area contributed by atoms with Crippen molar-refractivity contribution in [2.75, 3.05) is 17.3 Å². The minimum Gasteiger partial charge on any atom is -0.494 e. The molecule has 1 aliphatic heterocycles. The van der Waals surface area contributed by atoms with E-state index in [1.54, 1.807) is 0 Å². The van der Waals surface area contributed by atoms with Gasteiger partial charge in [0.25, 0.3) is 0 Å². The Morgan fingerprint density at radius 1 is 1.13 bits per heavy atom. The highest BCUT2D eigenvalue weighted by Crippen LogP contribution is 2.37. The summed E-state index contributed by atoms with van der Waals surface area (Å²) in [5.74, 6) is 1.48. The van der Waals surface area contributed by atoms with Crippen LogP contribution in [0, 0.1) is 6.92 Å². The van der Waals surface area contributed by atoms with Gasteiger partial charge in [0.05, 0.1) is 12.6 Å². The first-order valence-electron chi connectivity index (χ1n) is 10.1. The van der Waals surface area contributed by atoms with E-state index in [9.17, 15) is 4.79 Å². The van der Waals surface area contributed by atoms with Gasteiger partial charge in [0.15, 0.2) is 0 Å². The van der Waals surface area contributed by atoms with Crippen LogP contribution in [-0.4, -0.2) is 32.6 Å². The van der Waals surface area contributed by atoms with Crippen LogP contribution in [0.2, 0.25) is 0 Å². The molecule has 0 aliphatic carbocycles. The third-order valence-electron chi connectivity index (χ3n) is 5.04. The molecule has 0 spiro atoms. The van der Waals surface area contributed by atoms with E-state index in [1.807, 2.05) is 67.1 Å². The molecule has 2 heterocycles. The summed E-state index contributed by atoms with van der Waals surface area (Å²) in [6, 6.07) is 15.5. The van der Waals surface area contributed by atoms with Crippen molar-refractivity contribution >= 4 is 23.4 Å². The van der Waals surface area contributed by atoms with Crippen LogP contribution in [0.3, 0.4) is 0 Å². The number of thioether (sulfide) groups is 1. The molecule has 2 N–H and O–H groups in total. The van der Waals surface area contributed by atoms with Crippen LogP contribution in [0.15, 0.2) is 53.7 Å². The molecule has 0 bridgehead atoms. The van der Waals surface area contributed by atoms with Crippen LogP contribution < -0.4 is 15.5 Å². The normalized spacial score (nSPS) is 17.7. The fourth-order valence-corrected chi connectivity index (χ4v) is 4.51. The minimum atomic E-state index is -0.412. The lowest BCUT2D eigenvalue weighted by molar-refractivity contribution is -0.116. The van der Waals surface area contributed by atoms with Crippen molar-refractivity contribution in [1.82, 2.24) is 14.9 Å². The Morgan fingerprint density at radius 2 is 1.87 bits per heavy atom. The zero-order valence-electron chi connectivity index (χ0n) is 17.3. The number of carbonyl (C=O) groups is 1. The maximum Gasteiger partial charge on any atom is 0.240 e. The number of aryl methyl sites for hydroxylation is 2. The predicted octanol–water partition coefficient (Wildman–Crippen LogP) is 3.95. The zero-order valence-corrected chi connectivity index (χ0v) is 18.1. The second-order valence-electron chi connectivity index (χ2n) is 7.05. The molecule has 0 radical (unpaired) electrons. The number of hydrogen-bond acceptors (Lipinski definition) is 6. The molecule has 156 valence electrons. The summed E-state index contributed by atoms with van der Waals surface area (Å²) in [6.07, 6.45) is 0.964. The molecule has 0 saturated heterocycles.